The minimum atomic E-state index is -1.01. The summed E-state index contributed by atoms with van der Waals surface area (Å²) in [7, 11) is 0. The molecule has 2 heterocycles. The van der Waals surface area contributed by atoms with Gasteiger partial charge in [0.25, 0.3) is 5.56 Å². The van der Waals surface area contributed by atoms with E-state index in [0.717, 1.165) is 24.2 Å². The third-order valence-electron chi connectivity index (χ3n) is 2.81. The maximum atomic E-state index is 11.9. The highest BCUT2D eigenvalue weighted by molar-refractivity contribution is 7.20. The van der Waals surface area contributed by atoms with E-state index in [1.807, 2.05) is 0 Å². The molecular weight excluding hydrogens is 252 g/mol. The Hall–Kier alpha value is -1.69. The number of hydrogen-bond acceptors (Lipinski definition) is 4. The molecule has 0 aliphatic rings. The largest absolute Gasteiger partial charge is 0.477 e. The number of aromatic carboxylic acids is 1. The number of carboxylic acid groups (broad SMARTS) is 1. The molecule has 0 aliphatic carbocycles. The van der Waals surface area contributed by atoms with E-state index in [1.54, 1.807) is 6.92 Å². The van der Waals surface area contributed by atoms with Crippen molar-refractivity contribution in [2.24, 2.45) is 0 Å². The third-order valence-corrected chi connectivity index (χ3v) is 3.98. The smallest absolute Gasteiger partial charge is 0.346 e. The number of H-pyrrole nitrogens is 1. The van der Waals surface area contributed by atoms with E-state index in [0.29, 0.717) is 28.0 Å². The molecule has 0 saturated carbocycles. The summed E-state index contributed by atoms with van der Waals surface area (Å²) in [5.74, 6) is -0.377. The predicted octanol–water partition coefficient (Wildman–Crippen LogP) is 2.33. The monoisotopic (exact) mass is 266 g/mol. The maximum absolute atomic E-state index is 11.9. The van der Waals surface area contributed by atoms with Crippen LogP contribution in [0.1, 0.15) is 40.8 Å². The first-order chi connectivity index (χ1) is 8.54. The van der Waals surface area contributed by atoms with Crippen LogP contribution in [0.2, 0.25) is 0 Å². The number of carboxylic acids is 1. The van der Waals surface area contributed by atoms with Gasteiger partial charge in [0, 0.05) is 6.42 Å². The van der Waals surface area contributed by atoms with Gasteiger partial charge >= 0.3 is 5.97 Å². The summed E-state index contributed by atoms with van der Waals surface area (Å²) in [6.45, 7) is 3.71. The van der Waals surface area contributed by atoms with Gasteiger partial charge in [0.15, 0.2) is 0 Å². The minimum Gasteiger partial charge on any atom is -0.477 e. The highest BCUT2D eigenvalue weighted by Gasteiger charge is 2.18. The Morgan fingerprint density at radius 1 is 1.50 bits per heavy atom. The number of aryl methyl sites for hydroxylation is 2. The van der Waals surface area contributed by atoms with Gasteiger partial charge in [-0.3, -0.25) is 4.79 Å². The van der Waals surface area contributed by atoms with Crippen molar-refractivity contribution in [1.29, 1.82) is 0 Å². The molecule has 0 radical (unpaired) electrons. The third kappa shape index (κ3) is 2.15. The molecule has 6 heteroatoms. The summed E-state index contributed by atoms with van der Waals surface area (Å²) in [5, 5.41) is 9.44. The number of aromatic nitrogens is 2. The predicted molar refractivity (Wildman–Crippen MR) is 70.5 cm³/mol. The van der Waals surface area contributed by atoms with Crippen LogP contribution in [0.4, 0.5) is 0 Å². The van der Waals surface area contributed by atoms with Crippen molar-refractivity contribution in [2.75, 3.05) is 0 Å². The van der Waals surface area contributed by atoms with Crippen molar-refractivity contribution >= 4 is 27.5 Å². The molecule has 0 atom stereocenters. The van der Waals surface area contributed by atoms with Crippen molar-refractivity contribution in [2.45, 2.75) is 33.1 Å². The summed E-state index contributed by atoms with van der Waals surface area (Å²) in [6, 6.07) is 0. The molecule has 2 rings (SSSR count). The highest BCUT2D eigenvalue weighted by Crippen LogP contribution is 2.26. The van der Waals surface area contributed by atoms with E-state index >= 15 is 0 Å². The molecule has 18 heavy (non-hydrogen) atoms. The fourth-order valence-corrected chi connectivity index (χ4v) is 2.89. The van der Waals surface area contributed by atoms with Gasteiger partial charge in [0.05, 0.1) is 5.39 Å². The molecule has 0 aromatic carbocycles. The Labute approximate surface area is 107 Å². The number of unbranched alkanes of at least 4 members (excludes halogenated alkanes) is 1. The second-order valence-electron chi connectivity index (χ2n) is 4.16. The average Bonchev–Trinajstić information content (AvgIpc) is 2.64. The second kappa shape index (κ2) is 4.89. The lowest BCUT2D eigenvalue weighted by Gasteiger charge is -1.99. The zero-order valence-electron chi connectivity index (χ0n) is 10.2. The van der Waals surface area contributed by atoms with Gasteiger partial charge in [0.1, 0.15) is 15.5 Å². The Kier molecular flexibility index (Phi) is 3.47. The molecular formula is C12H14N2O3S. The molecule has 0 spiro atoms. The van der Waals surface area contributed by atoms with Gasteiger partial charge in [0.2, 0.25) is 0 Å². The summed E-state index contributed by atoms with van der Waals surface area (Å²) >= 11 is 1.06. The topological polar surface area (TPSA) is 83.0 Å². The molecule has 0 fully saturated rings. The summed E-state index contributed by atoms with van der Waals surface area (Å²) < 4.78 is 0. The molecule has 0 saturated heterocycles. The first kappa shape index (κ1) is 12.8. The Bertz CT molecular complexity index is 657. The lowest BCUT2D eigenvalue weighted by atomic mass is 10.2. The fraction of sp³-hybridized carbons (Fsp3) is 0.417. The lowest BCUT2D eigenvalue weighted by molar-refractivity contribution is 0.0701. The number of nitrogens with zero attached hydrogens (tertiary/aromatic N) is 1. The molecule has 96 valence electrons. The quantitative estimate of drug-likeness (QED) is 0.889. The van der Waals surface area contributed by atoms with Crippen molar-refractivity contribution in [3.63, 3.8) is 0 Å². The van der Waals surface area contributed by atoms with Crippen molar-refractivity contribution in [1.82, 2.24) is 9.97 Å². The Balaban J connectivity index is 2.60. The van der Waals surface area contributed by atoms with Crippen LogP contribution in [-0.2, 0) is 6.42 Å². The number of nitrogens with one attached hydrogen (secondary N) is 1. The minimum absolute atomic E-state index is 0.190. The van der Waals surface area contributed by atoms with Gasteiger partial charge in [-0.2, -0.15) is 0 Å². The zero-order chi connectivity index (χ0) is 13.3. The molecule has 2 aromatic rings. The highest BCUT2D eigenvalue weighted by atomic mass is 32.1. The van der Waals surface area contributed by atoms with Gasteiger partial charge in [-0.1, -0.05) is 13.3 Å². The van der Waals surface area contributed by atoms with Crippen LogP contribution >= 0.6 is 11.3 Å². The van der Waals surface area contributed by atoms with Crippen LogP contribution < -0.4 is 5.56 Å². The number of thiophene rings is 1. The maximum Gasteiger partial charge on any atom is 0.346 e. The van der Waals surface area contributed by atoms with Crippen LogP contribution in [0.3, 0.4) is 0 Å². The van der Waals surface area contributed by atoms with Crippen molar-refractivity contribution in [3.05, 3.63) is 26.6 Å². The molecule has 0 unspecified atom stereocenters. The van der Waals surface area contributed by atoms with E-state index in [2.05, 4.69) is 16.9 Å². The van der Waals surface area contributed by atoms with Crippen LogP contribution in [0.5, 0.6) is 0 Å². The zero-order valence-corrected chi connectivity index (χ0v) is 11.1. The van der Waals surface area contributed by atoms with Crippen molar-refractivity contribution < 1.29 is 9.90 Å². The number of hydrogen-bond donors (Lipinski definition) is 2. The standard InChI is InChI=1S/C12H14N2O3S/c1-3-4-5-7-13-10(15)8-6(2)9(12(16)17)18-11(8)14-7/h3-5H2,1-2H3,(H,16,17)(H,13,14,15). The van der Waals surface area contributed by atoms with Crippen LogP contribution in [0.25, 0.3) is 10.2 Å². The van der Waals surface area contributed by atoms with E-state index in [-0.39, 0.29) is 10.4 Å². The first-order valence-corrected chi connectivity index (χ1v) is 6.61. The van der Waals surface area contributed by atoms with Crippen LogP contribution in [0.15, 0.2) is 4.79 Å². The van der Waals surface area contributed by atoms with E-state index in [9.17, 15) is 9.59 Å². The normalized spacial score (nSPS) is 11.0. The number of rotatable bonds is 4. The van der Waals surface area contributed by atoms with Gasteiger partial charge < -0.3 is 10.1 Å². The summed E-state index contributed by atoms with van der Waals surface area (Å²) in [4.78, 5) is 30.7. The van der Waals surface area contributed by atoms with E-state index in [1.165, 1.54) is 0 Å². The van der Waals surface area contributed by atoms with E-state index in [4.69, 9.17) is 5.11 Å². The number of carbonyl (C=O) groups is 1. The second-order valence-corrected chi connectivity index (χ2v) is 5.16. The van der Waals surface area contributed by atoms with Gasteiger partial charge in [-0.05, 0) is 18.9 Å². The molecule has 2 N–H and O–H groups in total. The molecule has 0 amide bonds. The lowest BCUT2D eigenvalue weighted by Crippen LogP contribution is -2.11. The van der Waals surface area contributed by atoms with Gasteiger partial charge in [-0.15, -0.1) is 11.3 Å². The Morgan fingerprint density at radius 3 is 2.83 bits per heavy atom. The first-order valence-electron chi connectivity index (χ1n) is 5.80. The molecule has 5 nitrogen and oxygen atoms in total. The Morgan fingerprint density at radius 2 is 2.22 bits per heavy atom. The SMILES string of the molecule is CCCCc1nc2sc(C(=O)O)c(C)c2c(=O)[nH]1. The number of fused-ring (bicyclic) bond motifs is 1. The fourth-order valence-electron chi connectivity index (χ4n) is 1.86. The van der Waals surface area contributed by atoms with E-state index < -0.39 is 5.97 Å². The summed E-state index contributed by atoms with van der Waals surface area (Å²) in [6.07, 6.45) is 2.68. The summed E-state index contributed by atoms with van der Waals surface area (Å²) in [5.41, 5.74) is 0.255. The van der Waals surface area contributed by atoms with Gasteiger partial charge in [-0.25, -0.2) is 9.78 Å². The van der Waals surface area contributed by atoms with Crippen molar-refractivity contribution in [3.8, 4) is 0 Å². The van der Waals surface area contributed by atoms with Crippen LogP contribution in [-0.4, -0.2) is 21.0 Å². The molecule has 2 aromatic heterocycles. The van der Waals surface area contributed by atoms with Crippen LogP contribution in [0, 0.1) is 6.92 Å². The molecule has 0 aliphatic heterocycles. The number of aromatic amines is 1. The molecule has 0 bridgehead atoms. The average molecular weight is 266 g/mol.